The SMILES string of the molecule is CCNC(C)(CN1CCC(CC)(CC)C1)C(=O)OCC. The van der Waals surface area contributed by atoms with E-state index in [0.717, 1.165) is 26.2 Å². The third kappa shape index (κ3) is 3.95. The first kappa shape index (κ1) is 17.4. The van der Waals surface area contributed by atoms with Gasteiger partial charge in [0.2, 0.25) is 0 Å². The van der Waals surface area contributed by atoms with Crippen molar-refractivity contribution in [2.45, 2.75) is 59.4 Å². The number of nitrogens with one attached hydrogen (secondary N) is 1. The van der Waals surface area contributed by atoms with E-state index in [4.69, 9.17) is 4.74 Å². The van der Waals surface area contributed by atoms with Crippen molar-refractivity contribution < 1.29 is 9.53 Å². The van der Waals surface area contributed by atoms with Gasteiger partial charge in [0.05, 0.1) is 6.61 Å². The lowest BCUT2D eigenvalue weighted by molar-refractivity contribution is -0.151. The van der Waals surface area contributed by atoms with Gasteiger partial charge < -0.3 is 15.0 Å². The van der Waals surface area contributed by atoms with Crippen molar-refractivity contribution in [3.8, 4) is 0 Å². The molecule has 0 aromatic rings. The first-order chi connectivity index (χ1) is 9.45. The maximum atomic E-state index is 12.2. The molecule has 1 rings (SSSR count). The molecule has 0 saturated carbocycles. The van der Waals surface area contributed by atoms with Crippen molar-refractivity contribution in [1.29, 1.82) is 0 Å². The van der Waals surface area contributed by atoms with Gasteiger partial charge in [0.25, 0.3) is 0 Å². The Kier molecular flexibility index (Phi) is 6.46. The maximum Gasteiger partial charge on any atom is 0.327 e. The summed E-state index contributed by atoms with van der Waals surface area (Å²) in [5.74, 6) is -0.132. The molecular weight excluding hydrogens is 252 g/mol. The summed E-state index contributed by atoms with van der Waals surface area (Å²) < 4.78 is 5.25. The van der Waals surface area contributed by atoms with E-state index < -0.39 is 5.54 Å². The third-order valence-corrected chi connectivity index (χ3v) is 4.85. The quantitative estimate of drug-likeness (QED) is 0.695. The molecule has 0 spiro atoms. The molecule has 1 aliphatic heterocycles. The van der Waals surface area contributed by atoms with E-state index in [0.29, 0.717) is 12.0 Å². The van der Waals surface area contributed by atoms with Crippen LogP contribution in [0.4, 0.5) is 0 Å². The minimum atomic E-state index is -0.595. The van der Waals surface area contributed by atoms with Crippen LogP contribution in [0.2, 0.25) is 0 Å². The highest BCUT2D eigenvalue weighted by atomic mass is 16.5. The van der Waals surface area contributed by atoms with Crippen molar-refractivity contribution in [3.05, 3.63) is 0 Å². The Hall–Kier alpha value is -0.610. The highest BCUT2D eigenvalue weighted by Crippen LogP contribution is 2.37. The van der Waals surface area contributed by atoms with Crippen LogP contribution in [0.15, 0.2) is 0 Å². The van der Waals surface area contributed by atoms with Gasteiger partial charge in [-0.05, 0) is 51.6 Å². The summed E-state index contributed by atoms with van der Waals surface area (Å²) >= 11 is 0. The molecule has 1 N–H and O–H groups in total. The van der Waals surface area contributed by atoms with Crippen molar-refractivity contribution in [3.63, 3.8) is 0 Å². The normalized spacial score (nSPS) is 21.6. The Balaban J connectivity index is 2.70. The lowest BCUT2D eigenvalue weighted by atomic mass is 9.82. The summed E-state index contributed by atoms with van der Waals surface area (Å²) in [6.45, 7) is 14.5. The number of rotatable bonds is 8. The molecule has 0 aliphatic carbocycles. The first-order valence-corrected chi connectivity index (χ1v) is 8.10. The molecule has 118 valence electrons. The molecule has 0 bridgehead atoms. The molecule has 0 aromatic heterocycles. The average Bonchev–Trinajstić information content (AvgIpc) is 2.83. The van der Waals surface area contributed by atoms with E-state index in [-0.39, 0.29) is 5.97 Å². The van der Waals surface area contributed by atoms with Crippen LogP contribution in [0.3, 0.4) is 0 Å². The highest BCUT2D eigenvalue weighted by molar-refractivity contribution is 5.80. The van der Waals surface area contributed by atoms with Gasteiger partial charge in [-0.2, -0.15) is 0 Å². The lowest BCUT2D eigenvalue weighted by Gasteiger charge is -2.33. The zero-order valence-corrected chi connectivity index (χ0v) is 13.9. The van der Waals surface area contributed by atoms with Crippen LogP contribution in [0.25, 0.3) is 0 Å². The van der Waals surface area contributed by atoms with Gasteiger partial charge in [0.1, 0.15) is 5.54 Å². The van der Waals surface area contributed by atoms with Crippen molar-refractivity contribution >= 4 is 5.97 Å². The predicted molar refractivity (Wildman–Crippen MR) is 82.8 cm³/mol. The second-order valence-electron chi connectivity index (χ2n) is 6.25. The van der Waals surface area contributed by atoms with E-state index in [9.17, 15) is 4.79 Å². The number of esters is 1. The third-order valence-electron chi connectivity index (χ3n) is 4.85. The zero-order chi connectivity index (χ0) is 15.2. The van der Waals surface area contributed by atoms with Crippen molar-refractivity contribution in [2.75, 3.05) is 32.8 Å². The largest absolute Gasteiger partial charge is 0.465 e. The number of carbonyl (C=O) groups excluding carboxylic acids is 1. The lowest BCUT2D eigenvalue weighted by Crippen LogP contribution is -2.57. The van der Waals surface area contributed by atoms with Crippen LogP contribution >= 0.6 is 0 Å². The first-order valence-electron chi connectivity index (χ1n) is 8.10. The van der Waals surface area contributed by atoms with Crippen LogP contribution < -0.4 is 5.32 Å². The summed E-state index contributed by atoms with van der Waals surface area (Å²) in [5.41, 5.74) is -0.149. The standard InChI is InChI=1S/C16H32N2O2/c1-6-16(7-2)10-11-18(13-16)12-15(5,17-8-3)14(19)20-9-4/h17H,6-13H2,1-5H3. The smallest absolute Gasteiger partial charge is 0.327 e. The Morgan fingerprint density at radius 2 is 1.95 bits per heavy atom. The molecule has 0 amide bonds. The van der Waals surface area contributed by atoms with Gasteiger partial charge in [-0.15, -0.1) is 0 Å². The summed E-state index contributed by atoms with van der Waals surface area (Å²) in [6.07, 6.45) is 3.68. The summed E-state index contributed by atoms with van der Waals surface area (Å²) in [6, 6.07) is 0. The minimum Gasteiger partial charge on any atom is -0.465 e. The van der Waals surface area contributed by atoms with Crippen LogP contribution in [0.5, 0.6) is 0 Å². The number of hydrogen-bond acceptors (Lipinski definition) is 4. The minimum absolute atomic E-state index is 0.132. The number of nitrogens with zero attached hydrogens (tertiary/aromatic N) is 1. The fourth-order valence-electron chi connectivity index (χ4n) is 3.31. The van der Waals surface area contributed by atoms with Gasteiger partial charge in [-0.25, -0.2) is 0 Å². The summed E-state index contributed by atoms with van der Waals surface area (Å²) in [4.78, 5) is 14.7. The fourth-order valence-corrected chi connectivity index (χ4v) is 3.31. The number of ether oxygens (including phenoxy) is 1. The molecule has 0 radical (unpaired) electrons. The fraction of sp³-hybridized carbons (Fsp3) is 0.938. The second kappa shape index (κ2) is 7.41. The van der Waals surface area contributed by atoms with E-state index in [1.54, 1.807) is 0 Å². The molecule has 1 saturated heterocycles. The van der Waals surface area contributed by atoms with Crippen LogP contribution in [0.1, 0.15) is 53.9 Å². The Morgan fingerprint density at radius 3 is 2.40 bits per heavy atom. The van der Waals surface area contributed by atoms with Crippen LogP contribution in [-0.4, -0.2) is 49.2 Å². The molecule has 1 fully saturated rings. The molecule has 20 heavy (non-hydrogen) atoms. The molecule has 1 heterocycles. The Bertz CT molecular complexity index is 316. The van der Waals surface area contributed by atoms with Crippen molar-refractivity contribution in [1.82, 2.24) is 10.2 Å². The van der Waals surface area contributed by atoms with Crippen molar-refractivity contribution in [2.24, 2.45) is 5.41 Å². The monoisotopic (exact) mass is 284 g/mol. The molecule has 1 unspecified atom stereocenters. The molecule has 1 aliphatic rings. The molecule has 4 heteroatoms. The zero-order valence-electron chi connectivity index (χ0n) is 13.9. The second-order valence-corrected chi connectivity index (χ2v) is 6.25. The molecule has 4 nitrogen and oxygen atoms in total. The summed E-state index contributed by atoms with van der Waals surface area (Å²) in [5, 5.41) is 3.32. The molecule has 1 atom stereocenters. The van der Waals surface area contributed by atoms with Crippen LogP contribution in [-0.2, 0) is 9.53 Å². The topological polar surface area (TPSA) is 41.6 Å². The van der Waals surface area contributed by atoms with E-state index >= 15 is 0 Å². The number of hydrogen-bond donors (Lipinski definition) is 1. The predicted octanol–water partition coefficient (Wildman–Crippen LogP) is 2.43. The van der Waals surface area contributed by atoms with Gasteiger partial charge in [0.15, 0.2) is 0 Å². The maximum absolute atomic E-state index is 12.2. The average molecular weight is 284 g/mol. The highest BCUT2D eigenvalue weighted by Gasteiger charge is 2.41. The Labute approximate surface area is 124 Å². The number of likely N-dealkylation sites (tertiary alicyclic amines) is 1. The number of likely N-dealkylation sites (N-methyl/N-ethyl adjacent to an activating group) is 1. The van der Waals surface area contributed by atoms with E-state index in [2.05, 4.69) is 24.1 Å². The summed E-state index contributed by atoms with van der Waals surface area (Å²) in [7, 11) is 0. The van der Waals surface area contributed by atoms with E-state index in [1.165, 1.54) is 19.3 Å². The molecule has 0 aromatic carbocycles. The van der Waals surface area contributed by atoms with E-state index in [1.807, 2.05) is 20.8 Å². The van der Waals surface area contributed by atoms with Crippen LogP contribution in [0, 0.1) is 5.41 Å². The molecular formula is C16H32N2O2. The Morgan fingerprint density at radius 1 is 1.30 bits per heavy atom. The van der Waals surface area contributed by atoms with Gasteiger partial charge in [0, 0.05) is 13.1 Å². The van der Waals surface area contributed by atoms with Gasteiger partial charge in [-0.3, -0.25) is 4.79 Å². The van der Waals surface area contributed by atoms with Gasteiger partial charge in [-0.1, -0.05) is 20.8 Å². The van der Waals surface area contributed by atoms with Gasteiger partial charge >= 0.3 is 5.97 Å². The number of carbonyl (C=O) groups is 1.